The lowest BCUT2D eigenvalue weighted by Gasteiger charge is -2.07. The molecule has 1 aromatic carbocycles. The van der Waals surface area contributed by atoms with Gasteiger partial charge in [0.25, 0.3) is 5.91 Å². The third-order valence-corrected chi connectivity index (χ3v) is 5.31. The van der Waals surface area contributed by atoms with E-state index in [2.05, 4.69) is 25.1 Å². The molecule has 6 nitrogen and oxygen atoms in total. The molecule has 1 aliphatic heterocycles. The molecule has 2 aromatic heterocycles. The molecule has 8 heteroatoms. The summed E-state index contributed by atoms with van der Waals surface area (Å²) in [5, 5.41) is 13.7. The summed E-state index contributed by atoms with van der Waals surface area (Å²) in [5.74, 6) is 1.24. The van der Waals surface area contributed by atoms with Crippen LogP contribution in [0.25, 0.3) is 10.6 Å². The number of aryl methyl sites for hydroxylation is 1. The van der Waals surface area contributed by atoms with Crippen LogP contribution in [-0.2, 0) is 19.5 Å². The number of nitrogens with zero attached hydrogens (tertiary/aromatic N) is 4. The summed E-state index contributed by atoms with van der Waals surface area (Å²) in [5.41, 5.74) is 1.14. The van der Waals surface area contributed by atoms with Gasteiger partial charge in [-0.05, 0) is 37.1 Å². The zero-order valence-corrected chi connectivity index (χ0v) is 14.9. The molecule has 0 unspecified atom stereocenters. The van der Waals surface area contributed by atoms with Crippen LogP contribution in [0.2, 0.25) is 0 Å². The first-order chi connectivity index (χ1) is 12.7. The van der Waals surface area contributed by atoms with Crippen LogP contribution in [0.15, 0.2) is 29.6 Å². The van der Waals surface area contributed by atoms with E-state index in [-0.39, 0.29) is 11.7 Å². The molecule has 26 heavy (non-hydrogen) atoms. The van der Waals surface area contributed by atoms with Crippen LogP contribution in [0.4, 0.5) is 4.39 Å². The molecule has 1 amide bonds. The maximum atomic E-state index is 13.0. The molecular weight excluding hydrogens is 353 g/mol. The predicted octanol–water partition coefficient (Wildman–Crippen LogP) is 3.20. The molecular formula is C18H18FN5OS. The molecule has 0 aliphatic carbocycles. The van der Waals surface area contributed by atoms with Crippen LogP contribution < -0.4 is 5.32 Å². The average molecular weight is 371 g/mol. The summed E-state index contributed by atoms with van der Waals surface area (Å²) in [6, 6.07) is 6.07. The standard InChI is InChI=1S/C18H18FN5OS/c19-13-7-5-12(6-8-13)18-21-14(11-26-18)17(25)20-10-16-23-22-15-4-2-1-3-9-24(15)16/h5-8,11H,1-4,9-10H2,(H,20,25). The van der Waals surface area contributed by atoms with Gasteiger partial charge in [-0.15, -0.1) is 21.5 Å². The molecule has 1 N–H and O–H groups in total. The predicted molar refractivity (Wildman–Crippen MR) is 96.3 cm³/mol. The number of amides is 1. The van der Waals surface area contributed by atoms with E-state index in [1.807, 2.05) is 0 Å². The minimum atomic E-state index is -0.296. The van der Waals surface area contributed by atoms with Gasteiger partial charge in [0.05, 0.1) is 6.54 Å². The van der Waals surface area contributed by atoms with Crippen molar-refractivity contribution in [3.05, 3.63) is 52.8 Å². The van der Waals surface area contributed by atoms with E-state index in [4.69, 9.17) is 0 Å². The Hall–Kier alpha value is -2.61. The zero-order valence-electron chi connectivity index (χ0n) is 14.1. The van der Waals surface area contributed by atoms with Gasteiger partial charge in [-0.1, -0.05) is 6.42 Å². The van der Waals surface area contributed by atoms with Crippen LogP contribution in [0, 0.1) is 5.82 Å². The molecule has 0 saturated carbocycles. The number of benzene rings is 1. The van der Waals surface area contributed by atoms with Gasteiger partial charge in [0.1, 0.15) is 22.3 Å². The minimum Gasteiger partial charge on any atom is -0.343 e. The molecule has 3 heterocycles. The molecule has 0 atom stereocenters. The van der Waals surface area contributed by atoms with Gasteiger partial charge in [-0.2, -0.15) is 0 Å². The van der Waals surface area contributed by atoms with Crippen LogP contribution in [0.3, 0.4) is 0 Å². The fourth-order valence-electron chi connectivity index (χ4n) is 3.03. The Balaban J connectivity index is 1.43. The Morgan fingerprint density at radius 3 is 2.88 bits per heavy atom. The first kappa shape index (κ1) is 16.8. The fraction of sp³-hybridized carbons (Fsp3) is 0.333. The number of rotatable bonds is 4. The minimum absolute atomic E-state index is 0.249. The summed E-state index contributed by atoms with van der Waals surface area (Å²) in [6.07, 6.45) is 4.38. The number of thiazole rings is 1. The van der Waals surface area contributed by atoms with Crippen molar-refractivity contribution in [2.24, 2.45) is 0 Å². The number of fused-ring (bicyclic) bond motifs is 1. The maximum absolute atomic E-state index is 13.0. The van der Waals surface area contributed by atoms with Crippen molar-refractivity contribution in [1.29, 1.82) is 0 Å². The first-order valence-electron chi connectivity index (χ1n) is 8.61. The van der Waals surface area contributed by atoms with E-state index in [1.165, 1.54) is 29.9 Å². The Bertz CT molecular complexity index is 918. The quantitative estimate of drug-likeness (QED) is 0.764. The molecule has 0 fully saturated rings. The molecule has 0 radical (unpaired) electrons. The van der Waals surface area contributed by atoms with Gasteiger partial charge in [0.2, 0.25) is 0 Å². The average Bonchev–Trinajstić information content (AvgIpc) is 3.22. The second-order valence-corrected chi connectivity index (χ2v) is 7.08. The highest BCUT2D eigenvalue weighted by Crippen LogP contribution is 2.24. The van der Waals surface area contributed by atoms with Crippen LogP contribution in [0.5, 0.6) is 0 Å². The monoisotopic (exact) mass is 371 g/mol. The van der Waals surface area contributed by atoms with E-state index in [9.17, 15) is 9.18 Å². The van der Waals surface area contributed by atoms with E-state index in [0.29, 0.717) is 17.2 Å². The topological polar surface area (TPSA) is 72.7 Å². The lowest BCUT2D eigenvalue weighted by Crippen LogP contribution is -2.25. The summed E-state index contributed by atoms with van der Waals surface area (Å²) in [4.78, 5) is 16.7. The van der Waals surface area contributed by atoms with Gasteiger partial charge in [0, 0.05) is 23.9 Å². The number of hydrogen-bond acceptors (Lipinski definition) is 5. The summed E-state index contributed by atoms with van der Waals surface area (Å²) in [7, 11) is 0. The second kappa shape index (κ2) is 7.33. The van der Waals surface area contributed by atoms with E-state index >= 15 is 0 Å². The van der Waals surface area contributed by atoms with Crippen molar-refractivity contribution >= 4 is 17.2 Å². The molecule has 0 bridgehead atoms. The van der Waals surface area contributed by atoms with Gasteiger partial charge in [0.15, 0.2) is 5.82 Å². The molecule has 1 aliphatic rings. The zero-order chi connectivity index (χ0) is 17.9. The third-order valence-electron chi connectivity index (χ3n) is 4.42. The number of halogens is 1. The highest BCUT2D eigenvalue weighted by molar-refractivity contribution is 7.13. The van der Waals surface area contributed by atoms with E-state index in [0.717, 1.165) is 43.0 Å². The first-order valence-corrected chi connectivity index (χ1v) is 9.49. The fourth-order valence-corrected chi connectivity index (χ4v) is 3.84. The summed E-state index contributed by atoms with van der Waals surface area (Å²) >= 11 is 1.36. The van der Waals surface area contributed by atoms with Gasteiger partial charge in [-0.25, -0.2) is 9.37 Å². The maximum Gasteiger partial charge on any atom is 0.271 e. The largest absolute Gasteiger partial charge is 0.343 e. The number of carbonyl (C=O) groups is 1. The van der Waals surface area contributed by atoms with Crippen molar-refractivity contribution in [1.82, 2.24) is 25.1 Å². The van der Waals surface area contributed by atoms with Crippen molar-refractivity contribution in [3.63, 3.8) is 0 Å². The van der Waals surface area contributed by atoms with Crippen molar-refractivity contribution < 1.29 is 9.18 Å². The summed E-state index contributed by atoms with van der Waals surface area (Å²) < 4.78 is 15.1. The van der Waals surface area contributed by atoms with Crippen LogP contribution >= 0.6 is 11.3 Å². The van der Waals surface area contributed by atoms with Crippen LogP contribution in [-0.4, -0.2) is 25.7 Å². The Morgan fingerprint density at radius 2 is 2.04 bits per heavy atom. The molecule has 134 valence electrons. The molecule has 0 spiro atoms. The van der Waals surface area contributed by atoms with Gasteiger partial charge < -0.3 is 9.88 Å². The molecule has 0 saturated heterocycles. The van der Waals surface area contributed by atoms with Crippen molar-refractivity contribution in [3.8, 4) is 10.6 Å². The Morgan fingerprint density at radius 1 is 1.19 bits per heavy atom. The summed E-state index contributed by atoms with van der Waals surface area (Å²) in [6.45, 7) is 1.23. The number of nitrogens with one attached hydrogen (secondary N) is 1. The van der Waals surface area contributed by atoms with Gasteiger partial charge >= 0.3 is 0 Å². The highest BCUT2D eigenvalue weighted by Gasteiger charge is 2.17. The highest BCUT2D eigenvalue weighted by atomic mass is 32.1. The lowest BCUT2D eigenvalue weighted by molar-refractivity contribution is 0.0945. The normalized spacial score (nSPS) is 13.9. The van der Waals surface area contributed by atoms with Crippen molar-refractivity contribution in [2.45, 2.75) is 38.8 Å². The van der Waals surface area contributed by atoms with Crippen LogP contribution in [0.1, 0.15) is 41.4 Å². The SMILES string of the molecule is O=C(NCc1nnc2n1CCCCC2)c1csc(-c2ccc(F)cc2)n1. The number of hydrogen-bond donors (Lipinski definition) is 1. The van der Waals surface area contributed by atoms with Gasteiger partial charge in [-0.3, -0.25) is 4.79 Å². The van der Waals surface area contributed by atoms with Crippen molar-refractivity contribution in [2.75, 3.05) is 0 Å². The molecule has 3 aromatic rings. The number of carbonyl (C=O) groups excluding carboxylic acids is 1. The van der Waals surface area contributed by atoms with E-state index in [1.54, 1.807) is 17.5 Å². The number of aromatic nitrogens is 4. The lowest BCUT2D eigenvalue weighted by atomic mass is 10.2. The third kappa shape index (κ3) is 3.50. The van der Waals surface area contributed by atoms with E-state index < -0.39 is 0 Å². The second-order valence-electron chi connectivity index (χ2n) is 6.22. The molecule has 4 rings (SSSR count). The smallest absolute Gasteiger partial charge is 0.271 e. The Labute approximate surface area is 154 Å². The Kier molecular flexibility index (Phi) is 4.75.